The molecule has 0 spiro atoms. The predicted octanol–water partition coefficient (Wildman–Crippen LogP) is 2.94. The fraction of sp³-hybridized carbons (Fsp3) is 0.357. The van der Waals surface area contributed by atoms with E-state index in [-0.39, 0.29) is 10.7 Å². The van der Waals surface area contributed by atoms with Crippen molar-refractivity contribution < 1.29 is 4.79 Å². The van der Waals surface area contributed by atoms with Crippen LogP contribution in [0.15, 0.2) is 30.6 Å². The molecule has 0 saturated heterocycles. The maximum atomic E-state index is 11.9. The molecule has 1 aromatic heterocycles. The second-order valence-corrected chi connectivity index (χ2v) is 7.17. The zero-order valence-corrected chi connectivity index (χ0v) is 12.6. The molecule has 0 bridgehead atoms. The molecule has 0 atom stereocenters. The van der Waals surface area contributed by atoms with Gasteiger partial charge in [0.1, 0.15) is 6.33 Å². The van der Waals surface area contributed by atoms with Crippen LogP contribution in [0.25, 0.3) is 11.4 Å². The van der Waals surface area contributed by atoms with Crippen LogP contribution in [0.2, 0.25) is 0 Å². The molecule has 0 aliphatic heterocycles. The molecule has 2 N–H and O–H groups in total. The third-order valence-corrected chi connectivity index (χ3v) is 3.74. The van der Waals surface area contributed by atoms with E-state index >= 15 is 0 Å². The minimum Gasteiger partial charge on any atom is -0.325 e. The van der Waals surface area contributed by atoms with Crippen LogP contribution >= 0.6 is 11.8 Å². The van der Waals surface area contributed by atoms with E-state index in [4.69, 9.17) is 0 Å². The number of rotatable bonds is 4. The molecule has 1 amide bonds. The van der Waals surface area contributed by atoms with Gasteiger partial charge < -0.3 is 5.32 Å². The number of H-pyrrole nitrogens is 1. The van der Waals surface area contributed by atoms with Crippen molar-refractivity contribution in [3.8, 4) is 11.4 Å². The fourth-order valence-corrected chi connectivity index (χ4v) is 2.20. The molecule has 2 aromatic rings. The Kier molecular flexibility index (Phi) is 4.44. The van der Waals surface area contributed by atoms with Crippen molar-refractivity contribution in [2.45, 2.75) is 25.5 Å². The topological polar surface area (TPSA) is 70.7 Å². The van der Waals surface area contributed by atoms with Gasteiger partial charge in [-0.2, -0.15) is 5.10 Å². The highest BCUT2D eigenvalue weighted by Gasteiger charge is 2.13. The summed E-state index contributed by atoms with van der Waals surface area (Å²) >= 11 is 1.62. The van der Waals surface area contributed by atoms with Gasteiger partial charge in [-0.25, -0.2) is 4.98 Å². The van der Waals surface area contributed by atoms with Gasteiger partial charge in [-0.15, -0.1) is 11.8 Å². The summed E-state index contributed by atoms with van der Waals surface area (Å²) in [5.74, 6) is 1.13. The molecule has 0 aliphatic carbocycles. The average molecular weight is 290 g/mol. The highest BCUT2D eigenvalue weighted by Crippen LogP contribution is 2.23. The lowest BCUT2D eigenvalue weighted by Gasteiger charge is -2.17. The minimum absolute atomic E-state index is 0.000329. The Morgan fingerprint density at radius 2 is 2.20 bits per heavy atom. The van der Waals surface area contributed by atoms with Crippen molar-refractivity contribution >= 4 is 23.4 Å². The first kappa shape index (κ1) is 14.6. The Morgan fingerprint density at radius 3 is 2.85 bits per heavy atom. The number of hydrogen-bond donors (Lipinski definition) is 2. The van der Waals surface area contributed by atoms with Crippen LogP contribution in [-0.2, 0) is 4.79 Å². The molecule has 1 aromatic carbocycles. The molecule has 0 aliphatic rings. The van der Waals surface area contributed by atoms with Gasteiger partial charge in [-0.05, 0) is 12.1 Å². The summed E-state index contributed by atoms with van der Waals surface area (Å²) in [6.45, 7) is 6.28. The maximum absolute atomic E-state index is 11.9. The summed E-state index contributed by atoms with van der Waals surface area (Å²) in [5.41, 5.74) is 1.65. The van der Waals surface area contributed by atoms with E-state index < -0.39 is 0 Å². The Morgan fingerprint density at radius 1 is 1.40 bits per heavy atom. The van der Waals surface area contributed by atoms with E-state index in [9.17, 15) is 4.79 Å². The molecule has 0 saturated carbocycles. The number of nitrogens with zero attached hydrogens (tertiary/aromatic N) is 2. The SMILES string of the molecule is CC(C)(C)SCC(=O)Nc1cccc(-c2ncn[nH]2)c1. The van der Waals surface area contributed by atoms with E-state index in [0.717, 1.165) is 11.3 Å². The van der Waals surface area contributed by atoms with Crippen LogP contribution < -0.4 is 5.32 Å². The minimum atomic E-state index is -0.000329. The second kappa shape index (κ2) is 6.09. The molecule has 5 nitrogen and oxygen atoms in total. The zero-order chi connectivity index (χ0) is 14.6. The third-order valence-electron chi connectivity index (χ3n) is 2.47. The predicted molar refractivity (Wildman–Crippen MR) is 82.7 cm³/mol. The first-order valence-corrected chi connectivity index (χ1v) is 7.32. The number of anilines is 1. The van der Waals surface area contributed by atoms with Gasteiger partial charge in [-0.1, -0.05) is 32.9 Å². The standard InChI is InChI=1S/C14H18N4OS/c1-14(2,3)20-8-12(19)17-11-6-4-5-10(7-11)13-15-9-16-18-13/h4-7,9H,8H2,1-3H3,(H,17,19)(H,15,16,18). The summed E-state index contributed by atoms with van der Waals surface area (Å²) in [6.07, 6.45) is 1.46. The molecule has 6 heteroatoms. The van der Waals surface area contributed by atoms with Gasteiger partial charge in [0.05, 0.1) is 5.75 Å². The number of carbonyl (C=O) groups excluding carboxylic acids is 1. The van der Waals surface area contributed by atoms with E-state index in [1.54, 1.807) is 11.8 Å². The molecule has 0 fully saturated rings. The Bertz CT molecular complexity index is 575. The van der Waals surface area contributed by atoms with Crippen molar-refractivity contribution in [1.82, 2.24) is 15.2 Å². The number of aromatic nitrogens is 3. The maximum Gasteiger partial charge on any atom is 0.234 e. The van der Waals surface area contributed by atoms with Gasteiger partial charge in [0.25, 0.3) is 0 Å². The first-order valence-electron chi connectivity index (χ1n) is 6.34. The van der Waals surface area contributed by atoms with Crippen molar-refractivity contribution in [2.75, 3.05) is 11.1 Å². The zero-order valence-electron chi connectivity index (χ0n) is 11.8. The van der Waals surface area contributed by atoms with Crippen molar-refractivity contribution in [3.05, 3.63) is 30.6 Å². The Balaban J connectivity index is 2.00. The van der Waals surface area contributed by atoms with Crippen LogP contribution in [0.5, 0.6) is 0 Å². The van der Waals surface area contributed by atoms with Gasteiger partial charge in [0.2, 0.25) is 5.91 Å². The van der Waals surface area contributed by atoms with Gasteiger partial charge >= 0.3 is 0 Å². The highest BCUT2D eigenvalue weighted by molar-refractivity contribution is 8.01. The monoisotopic (exact) mass is 290 g/mol. The average Bonchev–Trinajstić information content (AvgIpc) is 2.90. The highest BCUT2D eigenvalue weighted by atomic mass is 32.2. The van der Waals surface area contributed by atoms with Crippen molar-refractivity contribution in [3.63, 3.8) is 0 Å². The molecule has 0 radical (unpaired) electrons. The normalized spacial score (nSPS) is 11.3. The van der Waals surface area contributed by atoms with Crippen molar-refractivity contribution in [2.24, 2.45) is 0 Å². The van der Waals surface area contributed by atoms with Crippen LogP contribution in [0, 0.1) is 0 Å². The molecule has 2 rings (SSSR count). The lowest BCUT2D eigenvalue weighted by molar-refractivity contribution is -0.113. The molecular weight excluding hydrogens is 272 g/mol. The third kappa shape index (κ3) is 4.38. The number of hydrogen-bond acceptors (Lipinski definition) is 4. The summed E-state index contributed by atoms with van der Waals surface area (Å²) in [7, 11) is 0. The van der Waals surface area contributed by atoms with E-state index in [1.807, 2.05) is 24.3 Å². The summed E-state index contributed by atoms with van der Waals surface area (Å²) < 4.78 is 0.0824. The van der Waals surface area contributed by atoms with Gasteiger partial charge in [0.15, 0.2) is 5.82 Å². The second-order valence-electron chi connectivity index (χ2n) is 5.36. The van der Waals surface area contributed by atoms with Crippen LogP contribution in [0.1, 0.15) is 20.8 Å². The van der Waals surface area contributed by atoms with Crippen LogP contribution in [0.3, 0.4) is 0 Å². The Labute approximate surface area is 122 Å². The lowest BCUT2D eigenvalue weighted by Crippen LogP contribution is -2.18. The van der Waals surface area contributed by atoms with Gasteiger partial charge in [-0.3, -0.25) is 9.89 Å². The number of amides is 1. The van der Waals surface area contributed by atoms with Gasteiger partial charge in [0, 0.05) is 16.0 Å². The van der Waals surface area contributed by atoms with E-state index in [0.29, 0.717) is 11.6 Å². The van der Waals surface area contributed by atoms with E-state index in [2.05, 4.69) is 41.3 Å². The smallest absolute Gasteiger partial charge is 0.234 e. The quantitative estimate of drug-likeness (QED) is 0.908. The van der Waals surface area contributed by atoms with E-state index in [1.165, 1.54) is 6.33 Å². The largest absolute Gasteiger partial charge is 0.325 e. The number of nitrogens with one attached hydrogen (secondary N) is 2. The van der Waals surface area contributed by atoms with Crippen LogP contribution in [0.4, 0.5) is 5.69 Å². The number of aromatic amines is 1. The molecular formula is C14H18N4OS. The summed E-state index contributed by atoms with van der Waals surface area (Å²) in [5, 5.41) is 9.51. The Hall–Kier alpha value is -1.82. The molecule has 106 valence electrons. The number of carbonyl (C=O) groups is 1. The molecule has 0 unspecified atom stereocenters. The van der Waals surface area contributed by atoms with Crippen molar-refractivity contribution in [1.29, 1.82) is 0 Å². The number of benzene rings is 1. The summed E-state index contributed by atoms with van der Waals surface area (Å²) in [4.78, 5) is 16.0. The molecule has 1 heterocycles. The number of thioether (sulfide) groups is 1. The fourth-order valence-electron chi connectivity index (χ4n) is 1.57. The molecule has 20 heavy (non-hydrogen) atoms. The summed E-state index contributed by atoms with van der Waals surface area (Å²) in [6, 6.07) is 7.53. The lowest BCUT2D eigenvalue weighted by atomic mass is 10.2. The van der Waals surface area contributed by atoms with Crippen LogP contribution in [-0.4, -0.2) is 31.6 Å². The first-order chi connectivity index (χ1) is 9.44.